The van der Waals surface area contributed by atoms with Gasteiger partial charge in [0, 0.05) is 5.56 Å². The SMILES string of the molecule is CCCCCC(C)(C)c1c(O)cccc1C(C)(C)C. The van der Waals surface area contributed by atoms with Crippen molar-refractivity contribution in [3.8, 4) is 5.75 Å². The van der Waals surface area contributed by atoms with Crippen molar-refractivity contribution in [3.05, 3.63) is 29.3 Å². The third-order valence-electron chi connectivity index (χ3n) is 3.93. The highest BCUT2D eigenvalue weighted by Crippen LogP contribution is 2.41. The molecule has 19 heavy (non-hydrogen) atoms. The van der Waals surface area contributed by atoms with Crippen molar-refractivity contribution >= 4 is 0 Å². The Balaban J connectivity index is 3.17. The third kappa shape index (κ3) is 3.99. The number of hydrogen-bond acceptors (Lipinski definition) is 1. The fourth-order valence-corrected chi connectivity index (χ4v) is 2.82. The Bertz CT molecular complexity index is 410. The first kappa shape index (κ1) is 16.1. The molecule has 0 saturated heterocycles. The van der Waals surface area contributed by atoms with Gasteiger partial charge in [0.05, 0.1) is 0 Å². The minimum Gasteiger partial charge on any atom is -0.508 e. The summed E-state index contributed by atoms with van der Waals surface area (Å²) in [5.41, 5.74) is 2.51. The summed E-state index contributed by atoms with van der Waals surface area (Å²) >= 11 is 0. The quantitative estimate of drug-likeness (QED) is 0.690. The van der Waals surface area contributed by atoms with E-state index in [0.29, 0.717) is 5.75 Å². The highest BCUT2D eigenvalue weighted by molar-refractivity contribution is 5.47. The molecule has 0 aromatic heterocycles. The number of phenols is 1. The van der Waals surface area contributed by atoms with Crippen LogP contribution in [0.15, 0.2) is 18.2 Å². The van der Waals surface area contributed by atoms with Crippen LogP contribution in [0.25, 0.3) is 0 Å². The lowest BCUT2D eigenvalue weighted by Gasteiger charge is -2.33. The molecular weight excluding hydrogens is 232 g/mol. The van der Waals surface area contributed by atoms with Crippen LogP contribution in [0.4, 0.5) is 0 Å². The molecule has 1 N–H and O–H groups in total. The molecule has 1 rings (SSSR count). The van der Waals surface area contributed by atoms with E-state index in [1.807, 2.05) is 12.1 Å². The Labute approximate surface area is 119 Å². The van der Waals surface area contributed by atoms with E-state index in [1.54, 1.807) is 0 Å². The second-order valence-corrected chi connectivity index (χ2v) is 7.29. The van der Waals surface area contributed by atoms with Crippen molar-refractivity contribution in [2.45, 2.75) is 78.1 Å². The van der Waals surface area contributed by atoms with Crippen LogP contribution in [0.5, 0.6) is 5.75 Å². The molecule has 108 valence electrons. The van der Waals surface area contributed by atoms with E-state index in [0.717, 1.165) is 12.0 Å². The Morgan fingerprint density at radius 1 is 1.00 bits per heavy atom. The van der Waals surface area contributed by atoms with Crippen LogP contribution in [0.3, 0.4) is 0 Å². The zero-order chi connectivity index (χ0) is 14.7. The van der Waals surface area contributed by atoms with Gasteiger partial charge in [0.2, 0.25) is 0 Å². The van der Waals surface area contributed by atoms with Crippen molar-refractivity contribution in [2.75, 3.05) is 0 Å². The predicted octanol–water partition coefficient (Wildman–Crippen LogP) is 5.55. The summed E-state index contributed by atoms with van der Waals surface area (Å²) in [5.74, 6) is 0.453. The number of benzene rings is 1. The van der Waals surface area contributed by atoms with Crippen LogP contribution in [-0.4, -0.2) is 5.11 Å². The van der Waals surface area contributed by atoms with Crippen LogP contribution >= 0.6 is 0 Å². The standard InChI is InChI=1S/C18H30O/c1-7-8-9-13-18(5,6)16-14(17(2,3)4)11-10-12-15(16)19/h10-12,19H,7-9,13H2,1-6H3. The first-order valence-corrected chi connectivity index (χ1v) is 7.53. The van der Waals surface area contributed by atoms with Crippen molar-refractivity contribution < 1.29 is 5.11 Å². The highest BCUT2D eigenvalue weighted by Gasteiger charge is 2.30. The van der Waals surface area contributed by atoms with E-state index >= 15 is 0 Å². The molecule has 0 radical (unpaired) electrons. The lowest BCUT2D eigenvalue weighted by atomic mass is 9.72. The smallest absolute Gasteiger partial charge is 0.119 e. The summed E-state index contributed by atoms with van der Waals surface area (Å²) in [4.78, 5) is 0. The molecule has 1 nitrogen and oxygen atoms in total. The first-order chi connectivity index (χ1) is 8.70. The van der Waals surface area contributed by atoms with Gasteiger partial charge in [-0.3, -0.25) is 0 Å². The molecule has 0 aliphatic rings. The number of unbranched alkanes of at least 4 members (excludes halogenated alkanes) is 2. The van der Waals surface area contributed by atoms with Crippen LogP contribution in [0.1, 0.15) is 78.4 Å². The van der Waals surface area contributed by atoms with Gasteiger partial charge in [-0.15, -0.1) is 0 Å². The van der Waals surface area contributed by atoms with Gasteiger partial charge < -0.3 is 5.11 Å². The zero-order valence-electron chi connectivity index (χ0n) is 13.5. The monoisotopic (exact) mass is 262 g/mol. The molecule has 1 heteroatoms. The average Bonchev–Trinajstić information content (AvgIpc) is 2.27. The highest BCUT2D eigenvalue weighted by atomic mass is 16.3. The van der Waals surface area contributed by atoms with Gasteiger partial charge in [-0.05, 0) is 28.9 Å². The lowest BCUT2D eigenvalue weighted by Crippen LogP contribution is -2.24. The van der Waals surface area contributed by atoms with Gasteiger partial charge in [0.1, 0.15) is 5.75 Å². The molecule has 0 saturated carbocycles. The molecular formula is C18H30O. The summed E-state index contributed by atoms with van der Waals surface area (Å²) < 4.78 is 0. The number of hydrogen-bond donors (Lipinski definition) is 1. The number of rotatable bonds is 5. The fourth-order valence-electron chi connectivity index (χ4n) is 2.82. The van der Waals surface area contributed by atoms with Crippen LogP contribution in [-0.2, 0) is 10.8 Å². The van der Waals surface area contributed by atoms with E-state index in [1.165, 1.54) is 24.8 Å². The number of phenolic OH excluding ortho intramolecular Hbond substituents is 1. The Morgan fingerprint density at radius 2 is 1.63 bits per heavy atom. The van der Waals surface area contributed by atoms with Crippen LogP contribution in [0, 0.1) is 0 Å². The second-order valence-electron chi connectivity index (χ2n) is 7.29. The lowest BCUT2D eigenvalue weighted by molar-refractivity contribution is 0.396. The van der Waals surface area contributed by atoms with E-state index < -0.39 is 0 Å². The zero-order valence-corrected chi connectivity index (χ0v) is 13.5. The summed E-state index contributed by atoms with van der Waals surface area (Å²) in [6, 6.07) is 5.95. The van der Waals surface area contributed by atoms with E-state index in [-0.39, 0.29) is 10.8 Å². The van der Waals surface area contributed by atoms with Gasteiger partial charge in [0.25, 0.3) is 0 Å². The van der Waals surface area contributed by atoms with Gasteiger partial charge in [-0.2, -0.15) is 0 Å². The second kappa shape index (κ2) is 5.98. The molecule has 1 aromatic carbocycles. The van der Waals surface area contributed by atoms with Crippen LogP contribution < -0.4 is 0 Å². The minimum atomic E-state index is 0.0309. The molecule has 0 aliphatic carbocycles. The van der Waals surface area contributed by atoms with E-state index in [4.69, 9.17) is 0 Å². The van der Waals surface area contributed by atoms with E-state index in [9.17, 15) is 5.11 Å². The topological polar surface area (TPSA) is 20.2 Å². The third-order valence-corrected chi connectivity index (χ3v) is 3.93. The maximum Gasteiger partial charge on any atom is 0.119 e. The van der Waals surface area contributed by atoms with Crippen molar-refractivity contribution in [1.29, 1.82) is 0 Å². The summed E-state index contributed by atoms with van der Waals surface area (Å²) in [5, 5.41) is 10.3. The maximum absolute atomic E-state index is 10.3. The molecule has 0 bridgehead atoms. The average molecular weight is 262 g/mol. The Kier molecular flexibility index (Phi) is 5.06. The molecule has 0 heterocycles. The Morgan fingerprint density at radius 3 is 2.16 bits per heavy atom. The molecule has 0 aliphatic heterocycles. The van der Waals surface area contributed by atoms with Gasteiger partial charge in [-0.1, -0.05) is 72.9 Å². The molecule has 0 spiro atoms. The van der Waals surface area contributed by atoms with Gasteiger partial charge >= 0.3 is 0 Å². The molecule has 0 fully saturated rings. The van der Waals surface area contributed by atoms with Crippen molar-refractivity contribution in [1.82, 2.24) is 0 Å². The normalized spacial score (nSPS) is 12.7. The van der Waals surface area contributed by atoms with Crippen molar-refractivity contribution in [3.63, 3.8) is 0 Å². The molecule has 0 atom stereocenters. The number of aromatic hydroxyl groups is 1. The molecule has 0 unspecified atom stereocenters. The van der Waals surface area contributed by atoms with Crippen LogP contribution in [0.2, 0.25) is 0 Å². The Hall–Kier alpha value is -0.980. The first-order valence-electron chi connectivity index (χ1n) is 7.53. The largest absolute Gasteiger partial charge is 0.508 e. The summed E-state index contributed by atoms with van der Waals surface area (Å²) in [6.07, 6.45) is 4.85. The summed E-state index contributed by atoms with van der Waals surface area (Å²) in [7, 11) is 0. The van der Waals surface area contributed by atoms with E-state index in [2.05, 4.69) is 47.6 Å². The fraction of sp³-hybridized carbons (Fsp3) is 0.667. The maximum atomic E-state index is 10.3. The molecule has 1 aromatic rings. The van der Waals surface area contributed by atoms with Crippen molar-refractivity contribution in [2.24, 2.45) is 0 Å². The predicted molar refractivity (Wildman–Crippen MR) is 84.0 cm³/mol. The van der Waals surface area contributed by atoms with Gasteiger partial charge in [-0.25, -0.2) is 0 Å². The molecule has 0 amide bonds. The minimum absolute atomic E-state index is 0.0309. The summed E-state index contributed by atoms with van der Waals surface area (Å²) in [6.45, 7) is 13.4. The van der Waals surface area contributed by atoms with Gasteiger partial charge in [0.15, 0.2) is 0 Å².